The van der Waals surface area contributed by atoms with E-state index in [-0.39, 0.29) is 22.2 Å². The summed E-state index contributed by atoms with van der Waals surface area (Å²) in [6.45, 7) is 5.58. The number of aryl methyl sites for hydroxylation is 3. The summed E-state index contributed by atoms with van der Waals surface area (Å²) in [4.78, 5) is 12.7. The average molecular weight is 399 g/mol. The summed E-state index contributed by atoms with van der Waals surface area (Å²) in [5.74, 6) is 0.189. The van der Waals surface area contributed by atoms with Crippen LogP contribution >= 0.6 is 0 Å². The van der Waals surface area contributed by atoms with Gasteiger partial charge in [0.2, 0.25) is 0 Å². The summed E-state index contributed by atoms with van der Waals surface area (Å²) in [6.07, 6.45) is 0.771. The Labute approximate surface area is 163 Å². The number of nitrogens with zero attached hydrogens (tertiary/aromatic N) is 1. The Morgan fingerprint density at radius 2 is 1.86 bits per heavy atom. The minimum absolute atomic E-state index is 0.0405. The summed E-state index contributed by atoms with van der Waals surface area (Å²) < 4.78 is 32.3. The second kappa shape index (κ2) is 7.85. The SMILES string of the molecule is CCc1cccc(C)c1NC(=O)c1cccc(S(=O)(=O)Nc2cc(C)on2)c1. The number of benzene rings is 2. The Morgan fingerprint density at radius 3 is 2.54 bits per heavy atom. The van der Waals surface area contributed by atoms with Gasteiger partial charge in [0, 0.05) is 17.3 Å². The van der Waals surface area contributed by atoms with Crippen LogP contribution in [-0.4, -0.2) is 19.5 Å². The van der Waals surface area contributed by atoms with Crippen LogP contribution in [0.4, 0.5) is 11.5 Å². The largest absolute Gasteiger partial charge is 0.360 e. The number of hydrogen-bond donors (Lipinski definition) is 2. The molecule has 8 heteroatoms. The van der Waals surface area contributed by atoms with Crippen molar-refractivity contribution in [3.63, 3.8) is 0 Å². The van der Waals surface area contributed by atoms with E-state index in [9.17, 15) is 13.2 Å². The molecule has 2 N–H and O–H groups in total. The fourth-order valence-electron chi connectivity index (χ4n) is 2.80. The van der Waals surface area contributed by atoms with Crippen molar-refractivity contribution in [1.82, 2.24) is 5.16 Å². The third-order valence-corrected chi connectivity index (χ3v) is 5.60. The highest BCUT2D eigenvalue weighted by atomic mass is 32.2. The number of hydrogen-bond acceptors (Lipinski definition) is 5. The van der Waals surface area contributed by atoms with E-state index < -0.39 is 10.0 Å². The van der Waals surface area contributed by atoms with Gasteiger partial charge in [-0.15, -0.1) is 0 Å². The molecular weight excluding hydrogens is 378 g/mol. The fraction of sp³-hybridized carbons (Fsp3) is 0.200. The van der Waals surface area contributed by atoms with Crippen molar-refractivity contribution in [2.24, 2.45) is 0 Å². The molecule has 0 spiro atoms. The van der Waals surface area contributed by atoms with Gasteiger partial charge in [0.1, 0.15) is 5.76 Å². The topological polar surface area (TPSA) is 101 Å². The molecule has 1 amide bonds. The molecule has 1 aromatic heterocycles. The number of para-hydroxylation sites is 1. The summed E-state index contributed by atoms with van der Waals surface area (Å²) in [5, 5.41) is 6.52. The third-order valence-electron chi connectivity index (χ3n) is 4.25. The first-order chi connectivity index (χ1) is 13.3. The standard InChI is InChI=1S/C20H21N3O4S/c1-4-15-8-5-7-13(2)19(15)21-20(24)16-9-6-10-17(12-16)28(25,26)23-18-11-14(3)27-22-18/h5-12H,4H2,1-3H3,(H,21,24)(H,22,23). The van der Waals surface area contributed by atoms with Gasteiger partial charge >= 0.3 is 0 Å². The number of carbonyl (C=O) groups excluding carboxylic acids is 1. The lowest BCUT2D eigenvalue weighted by Gasteiger charge is -2.13. The van der Waals surface area contributed by atoms with Crippen molar-refractivity contribution in [3.8, 4) is 0 Å². The number of nitrogens with one attached hydrogen (secondary N) is 2. The number of carbonyl (C=O) groups is 1. The van der Waals surface area contributed by atoms with Gasteiger partial charge in [-0.3, -0.25) is 9.52 Å². The fourth-order valence-corrected chi connectivity index (χ4v) is 3.83. The van der Waals surface area contributed by atoms with Gasteiger partial charge in [0.15, 0.2) is 5.82 Å². The maximum atomic E-state index is 12.7. The maximum Gasteiger partial charge on any atom is 0.263 e. The molecule has 3 aromatic rings. The Morgan fingerprint density at radius 1 is 1.11 bits per heavy atom. The number of anilines is 2. The van der Waals surface area contributed by atoms with E-state index in [0.717, 1.165) is 23.2 Å². The predicted octanol–water partition coefficient (Wildman–Crippen LogP) is 3.91. The second-order valence-electron chi connectivity index (χ2n) is 6.37. The highest BCUT2D eigenvalue weighted by Crippen LogP contribution is 2.23. The number of rotatable bonds is 6. The summed E-state index contributed by atoms with van der Waals surface area (Å²) >= 11 is 0. The lowest BCUT2D eigenvalue weighted by atomic mass is 10.1. The molecule has 0 atom stereocenters. The molecule has 0 saturated carbocycles. The number of sulfonamides is 1. The van der Waals surface area contributed by atoms with E-state index in [1.54, 1.807) is 13.0 Å². The lowest BCUT2D eigenvalue weighted by Crippen LogP contribution is -2.17. The zero-order chi connectivity index (χ0) is 20.3. The normalized spacial score (nSPS) is 11.2. The van der Waals surface area contributed by atoms with Crippen LogP contribution < -0.4 is 10.0 Å². The number of aromatic nitrogens is 1. The third kappa shape index (κ3) is 4.23. The molecule has 0 radical (unpaired) electrons. The van der Waals surface area contributed by atoms with Crippen LogP contribution in [0.5, 0.6) is 0 Å². The zero-order valence-electron chi connectivity index (χ0n) is 15.8. The lowest BCUT2D eigenvalue weighted by molar-refractivity contribution is 0.102. The Hall–Kier alpha value is -3.13. The number of amides is 1. The van der Waals surface area contributed by atoms with Crippen molar-refractivity contribution in [1.29, 1.82) is 0 Å². The quantitative estimate of drug-likeness (QED) is 0.654. The highest BCUT2D eigenvalue weighted by molar-refractivity contribution is 7.92. The van der Waals surface area contributed by atoms with E-state index in [4.69, 9.17) is 4.52 Å². The molecule has 0 aliphatic heterocycles. The molecule has 28 heavy (non-hydrogen) atoms. The van der Waals surface area contributed by atoms with Crippen LogP contribution in [0.2, 0.25) is 0 Å². The van der Waals surface area contributed by atoms with Gasteiger partial charge in [-0.2, -0.15) is 0 Å². The first kappa shape index (κ1) is 19.6. The van der Waals surface area contributed by atoms with Gasteiger partial charge < -0.3 is 9.84 Å². The van der Waals surface area contributed by atoms with Crippen LogP contribution in [0.3, 0.4) is 0 Å². The van der Waals surface area contributed by atoms with Crippen LogP contribution in [0, 0.1) is 13.8 Å². The molecule has 2 aromatic carbocycles. The second-order valence-corrected chi connectivity index (χ2v) is 8.06. The minimum Gasteiger partial charge on any atom is -0.360 e. The summed E-state index contributed by atoms with van der Waals surface area (Å²) in [6, 6.07) is 13.1. The van der Waals surface area contributed by atoms with Crippen LogP contribution in [0.25, 0.3) is 0 Å². The first-order valence-corrected chi connectivity index (χ1v) is 10.2. The Bertz CT molecular complexity index is 1120. The molecule has 0 aliphatic rings. The molecule has 3 rings (SSSR count). The van der Waals surface area contributed by atoms with Crippen LogP contribution in [0.15, 0.2) is 57.9 Å². The van der Waals surface area contributed by atoms with Gasteiger partial charge in [-0.1, -0.05) is 36.3 Å². The van der Waals surface area contributed by atoms with Gasteiger partial charge in [-0.25, -0.2) is 8.42 Å². The molecule has 1 heterocycles. The van der Waals surface area contributed by atoms with Crippen molar-refractivity contribution in [2.75, 3.05) is 10.0 Å². The van der Waals surface area contributed by atoms with Gasteiger partial charge in [-0.05, 0) is 49.6 Å². The summed E-state index contributed by atoms with van der Waals surface area (Å²) in [7, 11) is -3.90. The average Bonchev–Trinajstić information content (AvgIpc) is 3.07. The molecule has 0 saturated heterocycles. The Balaban J connectivity index is 1.86. The molecular formula is C20H21N3O4S. The van der Waals surface area contributed by atoms with Crippen LogP contribution in [0.1, 0.15) is 34.2 Å². The first-order valence-electron chi connectivity index (χ1n) is 8.76. The van der Waals surface area contributed by atoms with E-state index in [1.807, 2.05) is 32.0 Å². The van der Waals surface area contributed by atoms with E-state index in [0.29, 0.717) is 5.76 Å². The zero-order valence-corrected chi connectivity index (χ0v) is 16.6. The van der Waals surface area contributed by atoms with Crippen molar-refractivity contribution in [3.05, 3.63) is 71.0 Å². The van der Waals surface area contributed by atoms with Gasteiger partial charge in [0.25, 0.3) is 15.9 Å². The predicted molar refractivity (Wildman–Crippen MR) is 107 cm³/mol. The van der Waals surface area contributed by atoms with Gasteiger partial charge in [0.05, 0.1) is 4.90 Å². The van der Waals surface area contributed by atoms with E-state index in [1.165, 1.54) is 24.3 Å². The van der Waals surface area contributed by atoms with Crippen LogP contribution in [-0.2, 0) is 16.4 Å². The minimum atomic E-state index is -3.90. The maximum absolute atomic E-state index is 12.7. The van der Waals surface area contributed by atoms with Crippen molar-refractivity contribution < 1.29 is 17.7 Å². The smallest absolute Gasteiger partial charge is 0.263 e. The molecule has 0 aliphatic carbocycles. The highest BCUT2D eigenvalue weighted by Gasteiger charge is 2.19. The molecule has 7 nitrogen and oxygen atoms in total. The summed E-state index contributed by atoms with van der Waals surface area (Å²) in [5.41, 5.74) is 2.95. The molecule has 0 bridgehead atoms. The van der Waals surface area contributed by atoms with E-state index in [2.05, 4.69) is 15.2 Å². The monoisotopic (exact) mass is 399 g/mol. The van der Waals surface area contributed by atoms with Crippen molar-refractivity contribution in [2.45, 2.75) is 32.1 Å². The molecule has 0 unspecified atom stereocenters. The Kier molecular flexibility index (Phi) is 5.51. The molecule has 0 fully saturated rings. The molecule has 146 valence electrons. The van der Waals surface area contributed by atoms with Crippen molar-refractivity contribution >= 4 is 27.4 Å². The van der Waals surface area contributed by atoms with E-state index >= 15 is 0 Å².